The molecule has 26 heavy (non-hydrogen) atoms. The first kappa shape index (κ1) is 15.9. The van der Waals surface area contributed by atoms with Gasteiger partial charge in [-0.2, -0.15) is 0 Å². The Morgan fingerprint density at radius 1 is 1.08 bits per heavy atom. The maximum absolute atomic E-state index is 12.1. The molecule has 7 heteroatoms. The molecule has 7 nitrogen and oxygen atoms in total. The SMILES string of the molecule is O=C(Nc1conc1C(=O)O)OCC1c2ccccc2-c2ccccc21. The van der Waals surface area contributed by atoms with Crippen molar-refractivity contribution >= 4 is 17.7 Å². The van der Waals surface area contributed by atoms with Crippen LogP contribution < -0.4 is 5.32 Å². The molecule has 0 saturated heterocycles. The molecule has 3 aromatic rings. The van der Waals surface area contributed by atoms with Gasteiger partial charge in [0.1, 0.15) is 18.6 Å². The Morgan fingerprint density at radius 2 is 1.69 bits per heavy atom. The summed E-state index contributed by atoms with van der Waals surface area (Å²) in [6.07, 6.45) is 0.280. The lowest BCUT2D eigenvalue weighted by Gasteiger charge is -2.14. The molecule has 1 amide bonds. The van der Waals surface area contributed by atoms with Gasteiger partial charge in [0.05, 0.1) is 0 Å². The molecule has 1 heterocycles. The number of nitrogens with one attached hydrogen (secondary N) is 1. The molecule has 0 radical (unpaired) electrons. The normalized spacial score (nSPS) is 12.3. The number of nitrogens with zero attached hydrogens (tertiary/aromatic N) is 1. The molecule has 0 bridgehead atoms. The monoisotopic (exact) mass is 350 g/mol. The first-order valence-electron chi connectivity index (χ1n) is 7.95. The second-order valence-electron chi connectivity index (χ2n) is 5.83. The van der Waals surface area contributed by atoms with E-state index in [1.54, 1.807) is 0 Å². The predicted molar refractivity (Wildman–Crippen MR) is 92.2 cm³/mol. The number of carbonyl (C=O) groups is 2. The van der Waals surface area contributed by atoms with E-state index in [1.165, 1.54) is 0 Å². The summed E-state index contributed by atoms with van der Waals surface area (Å²) in [5.41, 5.74) is 4.03. The van der Waals surface area contributed by atoms with Crippen LogP contribution in [-0.2, 0) is 4.74 Å². The molecule has 0 saturated carbocycles. The first-order valence-corrected chi connectivity index (χ1v) is 7.95. The fraction of sp³-hybridized carbons (Fsp3) is 0.105. The van der Waals surface area contributed by atoms with Crippen LogP contribution in [0.15, 0.2) is 59.3 Å². The predicted octanol–water partition coefficient (Wildman–Crippen LogP) is 3.73. The minimum atomic E-state index is -1.30. The van der Waals surface area contributed by atoms with Crippen LogP contribution in [-0.4, -0.2) is 28.9 Å². The Kier molecular flexibility index (Phi) is 3.89. The molecule has 2 aromatic carbocycles. The summed E-state index contributed by atoms with van der Waals surface area (Å²) in [5.74, 6) is -1.37. The lowest BCUT2D eigenvalue weighted by Crippen LogP contribution is -2.18. The summed E-state index contributed by atoms with van der Waals surface area (Å²) >= 11 is 0. The number of hydrogen-bond donors (Lipinski definition) is 2. The number of hydrogen-bond acceptors (Lipinski definition) is 5. The Morgan fingerprint density at radius 3 is 2.31 bits per heavy atom. The molecular formula is C19H14N2O5. The summed E-state index contributed by atoms with van der Waals surface area (Å²) in [4.78, 5) is 23.1. The summed E-state index contributed by atoms with van der Waals surface area (Å²) < 4.78 is 9.91. The number of carboxylic acids is 1. The third kappa shape index (κ3) is 2.69. The van der Waals surface area contributed by atoms with Gasteiger partial charge in [0, 0.05) is 5.92 Å². The summed E-state index contributed by atoms with van der Waals surface area (Å²) in [6.45, 7) is 0.132. The van der Waals surface area contributed by atoms with Crippen molar-refractivity contribution in [2.75, 3.05) is 11.9 Å². The molecule has 0 atom stereocenters. The number of carboxylic acid groups (broad SMARTS) is 1. The molecule has 1 aliphatic carbocycles. The van der Waals surface area contributed by atoms with Gasteiger partial charge in [0.2, 0.25) is 5.69 Å². The van der Waals surface area contributed by atoms with E-state index in [0.29, 0.717) is 0 Å². The third-order valence-corrected chi connectivity index (χ3v) is 4.35. The Labute approximate surface area is 148 Å². The number of carbonyl (C=O) groups excluding carboxylic acids is 1. The van der Waals surface area contributed by atoms with Gasteiger partial charge in [-0.1, -0.05) is 53.7 Å². The zero-order valence-corrected chi connectivity index (χ0v) is 13.5. The molecule has 0 aliphatic heterocycles. The van der Waals surface area contributed by atoms with Gasteiger partial charge in [0.25, 0.3) is 0 Å². The van der Waals surface area contributed by atoms with E-state index in [-0.39, 0.29) is 23.9 Å². The Bertz CT molecular complexity index is 949. The van der Waals surface area contributed by atoms with Crippen LogP contribution in [0.1, 0.15) is 27.5 Å². The number of rotatable bonds is 4. The number of aromatic carboxylic acids is 1. The van der Waals surface area contributed by atoms with E-state index in [1.807, 2.05) is 48.5 Å². The van der Waals surface area contributed by atoms with Crippen molar-refractivity contribution in [3.05, 3.63) is 71.6 Å². The number of aromatic nitrogens is 1. The van der Waals surface area contributed by atoms with Crippen molar-refractivity contribution in [1.82, 2.24) is 5.16 Å². The van der Waals surface area contributed by atoms with Gasteiger partial charge in [-0.05, 0) is 22.3 Å². The van der Waals surface area contributed by atoms with Gasteiger partial charge >= 0.3 is 12.1 Å². The van der Waals surface area contributed by atoms with E-state index >= 15 is 0 Å². The van der Waals surface area contributed by atoms with Crippen LogP contribution in [0.5, 0.6) is 0 Å². The standard InChI is InChI=1S/C19H14N2O5/c22-18(23)17-16(10-26-21-17)20-19(24)25-9-15-13-7-3-1-5-11(13)12-6-2-4-8-14(12)15/h1-8,10,15H,9H2,(H,20,24)(H,22,23). The molecule has 1 aromatic heterocycles. The van der Waals surface area contributed by atoms with E-state index in [4.69, 9.17) is 9.84 Å². The van der Waals surface area contributed by atoms with Crippen LogP contribution in [0.2, 0.25) is 0 Å². The largest absolute Gasteiger partial charge is 0.476 e. The van der Waals surface area contributed by atoms with Crippen molar-refractivity contribution < 1.29 is 24.0 Å². The lowest BCUT2D eigenvalue weighted by molar-refractivity contribution is 0.0686. The highest BCUT2D eigenvalue weighted by atomic mass is 16.5. The maximum atomic E-state index is 12.1. The highest BCUT2D eigenvalue weighted by Crippen LogP contribution is 2.44. The van der Waals surface area contributed by atoms with Gasteiger partial charge in [-0.3, -0.25) is 5.32 Å². The van der Waals surface area contributed by atoms with E-state index < -0.39 is 12.1 Å². The van der Waals surface area contributed by atoms with Crippen molar-refractivity contribution in [2.45, 2.75) is 5.92 Å². The molecule has 4 rings (SSSR count). The zero-order valence-electron chi connectivity index (χ0n) is 13.5. The van der Waals surface area contributed by atoms with Crippen molar-refractivity contribution in [3.8, 4) is 11.1 Å². The van der Waals surface area contributed by atoms with Gasteiger partial charge in [0.15, 0.2) is 0 Å². The van der Waals surface area contributed by atoms with Crippen LogP contribution in [0.25, 0.3) is 11.1 Å². The average Bonchev–Trinajstić information content (AvgIpc) is 3.23. The van der Waals surface area contributed by atoms with Gasteiger partial charge < -0.3 is 14.4 Å². The van der Waals surface area contributed by atoms with E-state index in [0.717, 1.165) is 28.5 Å². The number of benzene rings is 2. The zero-order chi connectivity index (χ0) is 18.1. The number of anilines is 1. The van der Waals surface area contributed by atoms with Crippen LogP contribution in [0.3, 0.4) is 0 Å². The quantitative estimate of drug-likeness (QED) is 0.743. The minimum absolute atomic E-state index is 0.0466. The second kappa shape index (κ2) is 6.36. The van der Waals surface area contributed by atoms with E-state index in [9.17, 15) is 9.59 Å². The maximum Gasteiger partial charge on any atom is 0.411 e. The topological polar surface area (TPSA) is 102 Å². The first-order chi connectivity index (χ1) is 12.6. The molecule has 130 valence electrons. The highest BCUT2D eigenvalue weighted by molar-refractivity contribution is 5.96. The summed E-state index contributed by atoms with van der Waals surface area (Å²) in [5, 5.41) is 14.6. The van der Waals surface area contributed by atoms with Crippen LogP contribution in [0.4, 0.5) is 10.5 Å². The molecule has 0 spiro atoms. The van der Waals surface area contributed by atoms with Crippen molar-refractivity contribution in [3.63, 3.8) is 0 Å². The second-order valence-corrected chi connectivity index (χ2v) is 5.83. The van der Waals surface area contributed by atoms with Gasteiger partial charge in [-0.25, -0.2) is 9.59 Å². The molecule has 1 aliphatic rings. The molecule has 2 N–H and O–H groups in total. The summed E-state index contributed by atoms with van der Waals surface area (Å²) in [6, 6.07) is 16.0. The molecule has 0 fully saturated rings. The van der Waals surface area contributed by atoms with Crippen molar-refractivity contribution in [2.24, 2.45) is 0 Å². The van der Waals surface area contributed by atoms with Gasteiger partial charge in [-0.15, -0.1) is 0 Å². The average molecular weight is 350 g/mol. The van der Waals surface area contributed by atoms with E-state index in [2.05, 4.69) is 15.0 Å². The highest BCUT2D eigenvalue weighted by Gasteiger charge is 2.29. The lowest BCUT2D eigenvalue weighted by atomic mass is 9.98. The van der Waals surface area contributed by atoms with Crippen LogP contribution in [0, 0.1) is 0 Å². The molecule has 0 unspecified atom stereocenters. The Hall–Kier alpha value is -3.61. The summed E-state index contributed by atoms with van der Waals surface area (Å²) in [7, 11) is 0. The fourth-order valence-corrected chi connectivity index (χ4v) is 3.22. The number of amides is 1. The number of fused-ring (bicyclic) bond motifs is 3. The minimum Gasteiger partial charge on any atom is -0.476 e. The molecular weight excluding hydrogens is 336 g/mol. The van der Waals surface area contributed by atoms with Crippen molar-refractivity contribution in [1.29, 1.82) is 0 Å². The Balaban J connectivity index is 1.50. The number of ether oxygens (including phenoxy) is 1. The van der Waals surface area contributed by atoms with Crippen LogP contribution >= 0.6 is 0 Å². The fourth-order valence-electron chi connectivity index (χ4n) is 3.22. The third-order valence-electron chi connectivity index (χ3n) is 4.35. The smallest absolute Gasteiger partial charge is 0.411 e.